The number of likely N-dealkylation sites (tertiary alicyclic amines) is 1. The van der Waals surface area contributed by atoms with Crippen LogP contribution in [-0.2, 0) is 19.6 Å². The Labute approximate surface area is 184 Å². The van der Waals surface area contributed by atoms with Crippen molar-refractivity contribution >= 4 is 21.6 Å². The molecular formula is C23H29N3O4S. The molecule has 31 heavy (non-hydrogen) atoms. The normalized spacial score (nSPS) is 19.3. The fourth-order valence-electron chi connectivity index (χ4n) is 4.20. The van der Waals surface area contributed by atoms with Crippen LogP contribution in [0.3, 0.4) is 0 Å². The number of hydrogen-bond donors (Lipinski definition) is 1. The van der Waals surface area contributed by atoms with Crippen molar-refractivity contribution in [2.24, 2.45) is 0 Å². The first-order valence-electron chi connectivity index (χ1n) is 10.8. The maximum Gasteiger partial charge on any atom is 0.246 e. The molecule has 2 heterocycles. The van der Waals surface area contributed by atoms with Crippen molar-refractivity contribution in [1.82, 2.24) is 9.21 Å². The number of ether oxygens (including phenoxy) is 1. The molecule has 166 valence electrons. The highest BCUT2D eigenvalue weighted by Gasteiger charge is 2.31. The molecule has 0 bridgehead atoms. The van der Waals surface area contributed by atoms with E-state index in [9.17, 15) is 13.2 Å². The third-order valence-electron chi connectivity index (χ3n) is 5.94. The summed E-state index contributed by atoms with van der Waals surface area (Å²) in [7, 11) is -3.63. The predicted molar refractivity (Wildman–Crippen MR) is 119 cm³/mol. The van der Waals surface area contributed by atoms with Gasteiger partial charge in [0, 0.05) is 18.8 Å². The first-order chi connectivity index (χ1) is 15.0. The Morgan fingerprint density at radius 3 is 2.35 bits per heavy atom. The highest BCUT2D eigenvalue weighted by atomic mass is 32.2. The first kappa shape index (κ1) is 22.0. The molecule has 7 nitrogen and oxygen atoms in total. The molecule has 1 atom stereocenters. The molecule has 2 aromatic rings. The van der Waals surface area contributed by atoms with Crippen molar-refractivity contribution in [3.05, 3.63) is 59.7 Å². The van der Waals surface area contributed by atoms with Gasteiger partial charge in [-0.05, 0) is 56.1 Å². The lowest BCUT2D eigenvalue weighted by Crippen LogP contribution is -2.40. The Bertz CT molecular complexity index is 1010. The van der Waals surface area contributed by atoms with E-state index in [1.165, 1.54) is 4.31 Å². The predicted octanol–water partition coefficient (Wildman–Crippen LogP) is 2.79. The smallest absolute Gasteiger partial charge is 0.246 e. The molecule has 2 fully saturated rings. The Balaban J connectivity index is 1.60. The van der Waals surface area contributed by atoms with Gasteiger partial charge < -0.3 is 10.1 Å². The van der Waals surface area contributed by atoms with E-state index in [0.29, 0.717) is 32.0 Å². The summed E-state index contributed by atoms with van der Waals surface area (Å²) in [6.45, 7) is 5.07. The second-order valence-electron chi connectivity index (χ2n) is 8.04. The van der Waals surface area contributed by atoms with Gasteiger partial charge in [0.2, 0.25) is 15.9 Å². The fourth-order valence-corrected chi connectivity index (χ4v) is 5.63. The van der Waals surface area contributed by atoms with Gasteiger partial charge in [-0.3, -0.25) is 9.69 Å². The Hall–Kier alpha value is -2.26. The first-order valence-corrected chi connectivity index (χ1v) is 12.2. The zero-order valence-electron chi connectivity index (χ0n) is 17.8. The summed E-state index contributed by atoms with van der Waals surface area (Å²) in [5.41, 5.74) is 2.29. The van der Waals surface area contributed by atoms with Crippen LogP contribution in [0.15, 0.2) is 53.4 Å². The SMILES string of the molecule is Cc1ccc(S(=O)(=O)N2CCOCC2)cc1NC(=O)C(c1ccccc1)N1CCCC1. The Morgan fingerprint density at radius 2 is 1.68 bits per heavy atom. The standard InChI is InChI=1S/C23H29N3O4S/c1-18-9-10-20(31(28,29)26-13-15-30-16-14-26)17-21(18)24-23(27)22(25-11-5-6-12-25)19-7-3-2-4-8-19/h2-4,7-10,17,22H,5-6,11-16H2,1H3,(H,24,27). The number of sulfonamides is 1. The molecule has 4 rings (SSSR count). The highest BCUT2D eigenvalue weighted by Crippen LogP contribution is 2.29. The van der Waals surface area contributed by atoms with Crippen molar-refractivity contribution in [3.8, 4) is 0 Å². The van der Waals surface area contributed by atoms with Crippen LogP contribution in [0.4, 0.5) is 5.69 Å². The lowest BCUT2D eigenvalue weighted by Gasteiger charge is -2.28. The summed E-state index contributed by atoms with van der Waals surface area (Å²) in [6.07, 6.45) is 2.14. The van der Waals surface area contributed by atoms with Gasteiger partial charge in [0.15, 0.2) is 0 Å². The largest absolute Gasteiger partial charge is 0.379 e. The monoisotopic (exact) mass is 443 g/mol. The van der Waals surface area contributed by atoms with Crippen LogP contribution in [0.2, 0.25) is 0 Å². The van der Waals surface area contributed by atoms with Gasteiger partial charge in [-0.1, -0.05) is 36.4 Å². The lowest BCUT2D eigenvalue weighted by molar-refractivity contribution is -0.121. The molecular weight excluding hydrogens is 414 g/mol. The molecule has 1 N–H and O–H groups in total. The van der Waals surface area contributed by atoms with E-state index in [4.69, 9.17) is 4.74 Å². The molecule has 1 amide bonds. The maximum absolute atomic E-state index is 13.4. The van der Waals surface area contributed by atoms with E-state index in [1.807, 2.05) is 37.3 Å². The summed E-state index contributed by atoms with van der Waals surface area (Å²) in [5.74, 6) is -0.142. The molecule has 0 saturated carbocycles. The van der Waals surface area contributed by atoms with E-state index < -0.39 is 16.1 Å². The van der Waals surface area contributed by atoms with E-state index >= 15 is 0 Å². The molecule has 2 aromatic carbocycles. The van der Waals surface area contributed by atoms with Crippen LogP contribution < -0.4 is 5.32 Å². The number of carbonyl (C=O) groups is 1. The Kier molecular flexibility index (Phi) is 6.71. The van der Waals surface area contributed by atoms with Crippen LogP contribution in [0.5, 0.6) is 0 Å². The number of benzene rings is 2. The lowest BCUT2D eigenvalue weighted by atomic mass is 10.0. The van der Waals surface area contributed by atoms with E-state index in [-0.39, 0.29) is 10.8 Å². The molecule has 8 heteroatoms. The number of morpholine rings is 1. The third-order valence-corrected chi connectivity index (χ3v) is 7.84. The maximum atomic E-state index is 13.4. The highest BCUT2D eigenvalue weighted by molar-refractivity contribution is 7.89. The third kappa shape index (κ3) is 4.82. The Morgan fingerprint density at radius 1 is 1.00 bits per heavy atom. The number of nitrogens with one attached hydrogen (secondary N) is 1. The second kappa shape index (κ2) is 9.48. The number of rotatable bonds is 6. The number of aryl methyl sites for hydroxylation is 1. The van der Waals surface area contributed by atoms with Gasteiger partial charge in [-0.15, -0.1) is 0 Å². The number of amides is 1. The summed E-state index contributed by atoms with van der Waals surface area (Å²) >= 11 is 0. The molecule has 1 unspecified atom stereocenters. The molecule has 0 spiro atoms. The summed E-state index contributed by atoms with van der Waals surface area (Å²) in [4.78, 5) is 15.8. The number of anilines is 1. The van der Waals surface area contributed by atoms with Crippen LogP contribution in [0.25, 0.3) is 0 Å². The van der Waals surface area contributed by atoms with Crippen molar-refractivity contribution in [1.29, 1.82) is 0 Å². The van der Waals surface area contributed by atoms with Crippen LogP contribution in [0, 0.1) is 6.92 Å². The average Bonchev–Trinajstić information content (AvgIpc) is 3.31. The molecule has 0 aromatic heterocycles. The molecule has 2 aliphatic rings. The summed E-state index contributed by atoms with van der Waals surface area (Å²) < 4.78 is 32.8. The number of hydrogen-bond acceptors (Lipinski definition) is 5. The minimum Gasteiger partial charge on any atom is -0.379 e. The minimum atomic E-state index is -3.63. The molecule has 2 aliphatic heterocycles. The van der Waals surface area contributed by atoms with Crippen LogP contribution in [-0.4, -0.2) is 62.9 Å². The van der Waals surface area contributed by atoms with Crippen molar-refractivity contribution in [3.63, 3.8) is 0 Å². The number of nitrogens with zero attached hydrogens (tertiary/aromatic N) is 2. The topological polar surface area (TPSA) is 79.0 Å². The minimum absolute atomic E-state index is 0.142. The number of carbonyl (C=O) groups excluding carboxylic acids is 1. The van der Waals surface area contributed by atoms with Crippen LogP contribution in [0.1, 0.15) is 30.0 Å². The zero-order valence-corrected chi connectivity index (χ0v) is 18.6. The van der Waals surface area contributed by atoms with Crippen molar-refractivity contribution in [2.45, 2.75) is 30.7 Å². The van der Waals surface area contributed by atoms with E-state index in [1.54, 1.807) is 18.2 Å². The van der Waals surface area contributed by atoms with Gasteiger partial charge in [-0.2, -0.15) is 4.31 Å². The molecule has 0 aliphatic carbocycles. The molecule has 0 radical (unpaired) electrons. The van der Waals surface area contributed by atoms with Gasteiger partial charge in [0.1, 0.15) is 6.04 Å². The zero-order chi connectivity index (χ0) is 21.8. The van der Waals surface area contributed by atoms with Crippen LogP contribution >= 0.6 is 0 Å². The molecule has 2 saturated heterocycles. The quantitative estimate of drug-likeness (QED) is 0.743. The summed E-state index contributed by atoms with van der Waals surface area (Å²) in [6, 6.07) is 14.3. The van der Waals surface area contributed by atoms with Gasteiger partial charge in [-0.25, -0.2) is 8.42 Å². The van der Waals surface area contributed by atoms with Gasteiger partial charge in [0.05, 0.1) is 18.1 Å². The summed E-state index contributed by atoms with van der Waals surface area (Å²) in [5, 5.41) is 3.01. The van der Waals surface area contributed by atoms with Gasteiger partial charge >= 0.3 is 0 Å². The van der Waals surface area contributed by atoms with Crippen molar-refractivity contribution in [2.75, 3.05) is 44.7 Å². The average molecular weight is 444 g/mol. The van der Waals surface area contributed by atoms with E-state index in [2.05, 4.69) is 10.2 Å². The van der Waals surface area contributed by atoms with Crippen molar-refractivity contribution < 1.29 is 17.9 Å². The van der Waals surface area contributed by atoms with Gasteiger partial charge in [0.25, 0.3) is 0 Å². The fraction of sp³-hybridized carbons (Fsp3) is 0.435. The second-order valence-corrected chi connectivity index (χ2v) is 9.98. The van der Waals surface area contributed by atoms with E-state index in [0.717, 1.165) is 37.1 Å².